The number of halogens is 1. The molecule has 0 saturated heterocycles. The first kappa shape index (κ1) is 18.6. The molecule has 0 spiro atoms. The molecular formula is C21H20ClNO2S. The van der Waals surface area contributed by atoms with E-state index in [1.807, 2.05) is 72.8 Å². The highest BCUT2D eigenvalue weighted by molar-refractivity contribution is 7.16. The summed E-state index contributed by atoms with van der Waals surface area (Å²) in [4.78, 5) is 14.0. The molecule has 0 bridgehead atoms. The number of rotatable bonds is 7. The molecule has 2 aromatic carbocycles. The zero-order chi connectivity index (χ0) is 18.4. The van der Waals surface area contributed by atoms with Crippen LogP contribution in [-0.2, 0) is 9.53 Å². The van der Waals surface area contributed by atoms with Crippen molar-refractivity contribution in [1.29, 1.82) is 0 Å². The highest BCUT2D eigenvalue weighted by Gasteiger charge is 2.23. The third-order valence-corrected chi connectivity index (χ3v) is 5.51. The van der Waals surface area contributed by atoms with E-state index >= 15 is 0 Å². The number of benzene rings is 2. The molecule has 0 saturated carbocycles. The molecule has 0 unspecified atom stereocenters. The van der Waals surface area contributed by atoms with Crippen LogP contribution in [0.1, 0.15) is 28.0 Å². The van der Waals surface area contributed by atoms with Gasteiger partial charge in [-0.2, -0.15) is 0 Å². The molecule has 0 fully saturated rings. The van der Waals surface area contributed by atoms with Gasteiger partial charge in [0.05, 0.1) is 10.3 Å². The normalized spacial score (nSPS) is 12.1. The minimum atomic E-state index is -0.359. The molecule has 0 aliphatic carbocycles. The summed E-state index contributed by atoms with van der Waals surface area (Å²) in [7, 11) is 1.64. The molecule has 3 aromatic rings. The summed E-state index contributed by atoms with van der Waals surface area (Å²) in [6, 6.07) is 23.4. The van der Waals surface area contributed by atoms with Crippen molar-refractivity contribution >= 4 is 28.8 Å². The molecule has 1 N–H and O–H groups in total. The second-order valence-corrected chi connectivity index (χ2v) is 7.61. The van der Waals surface area contributed by atoms with Gasteiger partial charge in [-0.15, -0.1) is 11.3 Å². The summed E-state index contributed by atoms with van der Waals surface area (Å²) >= 11 is 7.47. The summed E-state index contributed by atoms with van der Waals surface area (Å²) in [5.74, 6) is -0.408. The van der Waals surface area contributed by atoms with Gasteiger partial charge in [-0.3, -0.25) is 4.79 Å². The number of nitrogens with one attached hydrogen (secondary N) is 1. The average molecular weight is 386 g/mol. The monoisotopic (exact) mass is 385 g/mol. The molecule has 5 heteroatoms. The van der Waals surface area contributed by atoms with Crippen LogP contribution in [0.15, 0.2) is 72.8 Å². The molecule has 26 heavy (non-hydrogen) atoms. The van der Waals surface area contributed by atoms with Crippen LogP contribution < -0.4 is 5.32 Å². The SMILES string of the molecule is CO[C@@H](CNC(=O)C(c1ccccc1)c1ccccc1)c1ccc(Cl)s1. The molecule has 0 aliphatic heterocycles. The smallest absolute Gasteiger partial charge is 0.232 e. The van der Waals surface area contributed by atoms with Gasteiger partial charge in [0.25, 0.3) is 0 Å². The van der Waals surface area contributed by atoms with Crippen LogP contribution in [-0.4, -0.2) is 19.6 Å². The van der Waals surface area contributed by atoms with Crippen LogP contribution in [0.5, 0.6) is 0 Å². The van der Waals surface area contributed by atoms with E-state index in [0.717, 1.165) is 16.0 Å². The molecule has 3 rings (SSSR count). The Morgan fingerprint density at radius 1 is 1.00 bits per heavy atom. The Labute approximate surface area is 162 Å². The molecule has 1 atom stereocenters. The minimum Gasteiger partial charge on any atom is -0.374 e. The van der Waals surface area contributed by atoms with Gasteiger partial charge < -0.3 is 10.1 Å². The predicted molar refractivity (Wildman–Crippen MR) is 107 cm³/mol. The first-order valence-corrected chi connectivity index (χ1v) is 9.54. The van der Waals surface area contributed by atoms with E-state index in [0.29, 0.717) is 10.9 Å². The maximum atomic E-state index is 13.0. The summed E-state index contributed by atoms with van der Waals surface area (Å²) in [5, 5.41) is 3.04. The standard InChI is InChI=1S/C21H20ClNO2S/c1-25-17(18-12-13-19(22)26-18)14-23-21(24)20(15-8-4-2-5-9-15)16-10-6-3-7-11-16/h2-13,17,20H,14H2,1H3,(H,23,24)/t17-/m0/s1. The van der Waals surface area contributed by atoms with Gasteiger partial charge in [-0.05, 0) is 23.3 Å². The minimum absolute atomic E-state index is 0.0490. The van der Waals surface area contributed by atoms with Gasteiger partial charge in [0.15, 0.2) is 0 Å². The Kier molecular flexibility index (Phi) is 6.45. The van der Waals surface area contributed by atoms with E-state index < -0.39 is 0 Å². The Morgan fingerprint density at radius 3 is 2.04 bits per heavy atom. The summed E-state index contributed by atoms with van der Waals surface area (Å²) in [5.41, 5.74) is 1.92. The van der Waals surface area contributed by atoms with Crippen molar-refractivity contribution in [3.63, 3.8) is 0 Å². The second kappa shape index (κ2) is 8.99. The van der Waals surface area contributed by atoms with Crippen LogP contribution in [0.25, 0.3) is 0 Å². The third kappa shape index (κ3) is 4.52. The van der Waals surface area contributed by atoms with E-state index in [9.17, 15) is 4.79 Å². The lowest BCUT2D eigenvalue weighted by atomic mass is 9.90. The van der Waals surface area contributed by atoms with Crippen molar-refractivity contribution in [1.82, 2.24) is 5.32 Å². The first-order chi connectivity index (χ1) is 12.7. The lowest BCUT2D eigenvalue weighted by molar-refractivity contribution is -0.122. The van der Waals surface area contributed by atoms with Crippen LogP contribution >= 0.6 is 22.9 Å². The second-order valence-electron chi connectivity index (χ2n) is 5.87. The Morgan fingerprint density at radius 2 is 1.58 bits per heavy atom. The first-order valence-electron chi connectivity index (χ1n) is 8.34. The summed E-state index contributed by atoms with van der Waals surface area (Å²) in [6.07, 6.45) is -0.219. The van der Waals surface area contributed by atoms with Crippen molar-refractivity contribution in [3.8, 4) is 0 Å². The fourth-order valence-corrected chi connectivity index (χ4v) is 4.02. The van der Waals surface area contributed by atoms with Crippen LogP contribution in [0.3, 0.4) is 0 Å². The van der Waals surface area contributed by atoms with Crippen molar-refractivity contribution in [2.45, 2.75) is 12.0 Å². The van der Waals surface area contributed by atoms with Gasteiger partial charge in [0, 0.05) is 18.5 Å². The maximum Gasteiger partial charge on any atom is 0.232 e. The number of methoxy groups -OCH3 is 1. The van der Waals surface area contributed by atoms with Crippen LogP contribution in [0, 0.1) is 0 Å². The Hall–Kier alpha value is -2.14. The molecule has 1 heterocycles. The average Bonchev–Trinajstić information content (AvgIpc) is 3.10. The molecule has 0 aliphatic rings. The van der Waals surface area contributed by atoms with Gasteiger partial charge in [0.2, 0.25) is 5.91 Å². The largest absolute Gasteiger partial charge is 0.374 e. The molecule has 0 radical (unpaired) electrons. The zero-order valence-electron chi connectivity index (χ0n) is 14.4. The highest BCUT2D eigenvalue weighted by atomic mass is 35.5. The molecule has 134 valence electrons. The number of ether oxygens (including phenoxy) is 1. The number of carbonyl (C=O) groups excluding carboxylic acids is 1. The quantitative estimate of drug-likeness (QED) is 0.618. The molecular weight excluding hydrogens is 366 g/mol. The lowest BCUT2D eigenvalue weighted by Gasteiger charge is -2.20. The van der Waals surface area contributed by atoms with Crippen molar-refractivity contribution in [2.75, 3.05) is 13.7 Å². The van der Waals surface area contributed by atoms with E-state index in [4.69, 9.17) is 16.3 Å². The molecule has 1 aromatic heterocycles. The zero-order valence-corrected chi connectivity index (χ0v) is 16.0. The topological polar surface area (TPSA) is 38.3 Å². The van der Waals surface area contributed by atoms with E-state index in [1.54, 1.807) is 7.11 Å². The summed E-state index contributed by atoms with van der Waals surface area (Å²) < 4.78 is 6.24. The Balaban J connectivity index is 1.78. The summed E-state index contributed by atoms with van der Waals surface area (Å²) in [6.45, 7) is 0.391. The predicted octanol–water partition coefficient (Wildman–Crippen LogP) is 5.04. The van der Waals surface area contributed by atoms with Crippen molar-refractivity contribution in [3.05, 3.63) is 93.1 Å². The number of hydrogen-bond donors (Lipinski definition) is 1. The van der Waals surface area contributed by atoms with Crippen molar-refractivity contribution < 1.29 is 9.53 Å². The highest BCUT2D eigenvalue weighted by Crippen LogP contribution is 2.29. The van der Waals surface area contributed by atoms with Gasteiger partial charge in [0.1, 0.15) is 6.10 Å². The molecule has 3 nitrogen and oxygen atoms in total. The number of thiophene rings is 1. The Bertz CT molecular complexity index is 796. The lowest BCUT2D eigenvalue weighted by Crippen LogP contribution is -2.33. The number of carbonyl (C=O) groups is 1. The number of amides is 1. The van der Waals surface area contributed by atoms with E-state index in [1.165, 1.54) is 11.3 Å². The third-order valence-electron chi connectivity index (χ3n) is 4.19. The van der Waals surface area contributed by atoms with Gasteiger partial charge in [-0.1, -0.05) is 72.3 Å². The molecule has 1 amide bonds. The van der Waals surface area contributed by atoms with Crippen LogP contribution in [0.4, 0.5) is 0 Å². The fourth-order valence-electron chi connectivity index (χ4n) is 2.88. The fraction of sp³-hybridized carbons (Fsp3) is 0.190. The van der Waals surface area contributed by atoms with E-state index in [2.05, 4.69) is 5.32 Å². The van der Waals surface area contributed by atoms with Crippen molar-refractivity contribution in [2.24, 2.45) is 0 Å². The van der Waals surface area contributed by atoms with Crippen LogP contribution in [0.2, 0.25) is 4.34 Å². The van der Waals surface area contributed by atoms with E-state index in [-0.39, 0.29) is 17.9 Å². The van der Waals surface area contributed by atoms with Gasteiger partial charge >= 0.3 is 0 Å². The number of hydrogen-bond acceptors (Lipinski definition) is 3. The maximum absolute atomic E-state index is 13.0. The van der Waals surface area contributed by atoms with Gasteiger partial charge in [-0.25, -0.2) is 0 Å².